The van der Waals surface area contributed by atoms with E-state index in [0.717, 1.165) is 36.4 Å². The second kappa shape index (κ2) is 10.7. The number of ether oxygens (including phenoxy) is 1. The van der Waals surface area contributed by atoms with E-state index in [4.69, 9.17) is 4.74 Å². The molecule has 6 nitrogen and oxygen atoms in total. The van der Waals surface area contributed by atoms with Crippen LogP contribution in [0.5, 0.6) is 0 Å². The normalized spacial score (nSPS) is 15.8. The van der Waals surface area contributed by atoms with Gasteiger partial charge in [-0.15, -0.1) is 10.2 Å². The molecule has 0 N–H and O–H groups in total. The molecule has 1 amide bonds. The first-order valence-electron chi connectivity index (χ1n) is 10.8. The summed E-state index contributed by atoms with van der Waals surface area (Å²) in [5.41, 5.74) is 1.92. The summed E-state index contributed by atoms with van der Waals surface area (Å²) in [5, 5.41) is 9.19. The molecule has 1 fully saturated rings. The van der Waals surface area contributed by atoms with E-state index >= 15 is 0 Å². The lowest BCUT2D eigenvalue weighted by atomic mass is 10.2. The van der Waals surface area contributed by atoms with Gasteiger partial charge in [-0.1, -0.05) is 54.2 Å². The number of nitrogens with zero attached hydrogens (tertiary/aromatic N) is 4. The Labute approximate surface area is 191 Å². The first-order valence-corrected chi connectivity index (χ1v) is 11.8. The predicted octanol–water partition coefficient (Wildman–Crippen LogP) is 4.07. The van der Waals surface area contributed by atoms with Crippen LogP contribution in [-0.2, 0) is 22.6 Å². The average Bonchev–Trinajstić information content (AvgIpc) is 3.43. The molecular formula is C24H27FN4O2S. The van der Waals surface area contributed by atoms with Crippen LogP contribution in [-0.4, -0.2) is 50.6 Å². The summed E-state index contributed by atoms with van der Waals surface area (Å²) in [6.45, 7) is 4.15. The van der Waals surface area contributed by atoms with E-state index < -0.39 is 0 Å². The Morgan fingerprint density at radius 3 is 2.75 bits per heavy atom. The number of carbonyl (C=O) groups is 1. The number of benzene rings is 2. The van der Waals surface area contributed by atoms with Crippen LogP contribution >= 0.6 is 11.8 Å². The maximum absolute atomic E-state index is 13.7. The van der Waals surface area contributed by atoms with E-state index in [1.807, 2.05) is 35.8 Å². The highest BCUT2D eigenvalue weighted by Gasteiger charge is 2.24. The highest BCUT2D eigenvalue weighted by Crippen LogP contribution is 2.21. The third-order valence-electron chi connectivity index (χ3n) is 5.47. The summed E-state index contributed by atoms with van der Waals surface area (Å²) in [6.07, 6.45) is 1.97. The van der Waals surface area contributed by atoms with Gasteiger partial charge in [0.05, 0.1) is 18.4 Å². The lowest BCUT2D eigenvalue weighted by molar-refractivity contribution is -0.130. The van der Waals surface area contributed by atoms with Crippen LogP contribution in [0.15, 0.2) is 59.8 Å². The van der Waals surface area contributed by atoms with Crippen LogP contribution in [0.3, 0.4) is 0 Å². The molecule has 1 aromatic heterocycles. The maximum atomic E-state index is 13.7. The van der Waals surface area contributed by atoms with Gasteiger partial charge in [0, 0.05) is 19.7 Å². The number of halogens is 1. The molecule has 3 aromatic rings. The summed E-state index contributed by atoms with van der Waals surface area (Å²) in [6, 6.07) is 16.5. The van der Waals surface area contributed by atoms with Crippen molar-refractivity contribution in [3.05, 3.63) is 77.4 Å². The van der Waals surface area contributed by atoms with Gasteiger partial charge in [0.15, 0.2) is 5.16 Å². The van der Waals surface area contributed by atoms with Gasteiger partial charge >= 0.3 is 0 Å². The van der Waals surface area contributed by atoms with Gasteiger partial charge in [0.25, 0.3) is 0 Å². The van der Waals surface area contributed by atoms with Gasteiger partial charge in [-0.05, 0) is 43.0 Å². The van der Waals surface area contributed by atoms with Crippen molar-refractivity contribution in [1.82, 2.24) is 19.7 Å². The molecule has 0 aliphatic carbocycles. The van der Waals surface area contributed by atoms with E-state index in [1.54, 1.807) is 11.0 Å². The van der Waals surface area contributed by atoms with Gasteiger partial charge in [0.2, 0.25) is 5.91 Å². The minimum absolute atomic E-state index is 0.0262. The number of carbonyl (C=O) groups excluding carboxylic acids is 1. The summed E-state index contributed by atoms with van der Waals surface area (Å²) in [7, 11) is 0. The highest BCUT2D eigenvalue weighted by atomic mass is 32.2. The van der Waals surface area contributed by atoms with Crippen LogP contribution in [0.25, 0.3) is 0 Å². The van der Waals surface area contributed by atoms with Gasteiger partial charge in [-0.3, -0.25) is 4.79 Å². The number of amides is 1. The van der Waals surface area contributed by atoms with Gasteiger partial charge < -0.3 is 14.2 Å². The molecule has 0 bridgehead atoms. The standard InChI is InChI=1S/C24H27FN4O2S/c1-18-26-27-24(29(18)15-19-7-3-2-4-8-19)32-17-23(30)28(16-22-11-6-12-31-22)14-20-9-5-10-21(25)13-20/h2-5,7-10,13,22H,6,11-12,14-17H2,1H3. The third-order valence-corrected chi connectivity index (χ3v) is 6.42. The van der Waals surface area contributed by atoms with E-state index in [2.05, 4.69) is 22.3 Å². The first kappa shape index (κ1) is 22.5. The number of rotatable bonds is 9. The maximum Gasteiger partial charge on any atom is 0.233 e. The second-order valence-electron chi connectivity index (χ2n) is 7.93. The van der Waals surface area contributed by atoms with E-state index in [1.165, 1.54) is 23.9 Å². The Kier molecular flexibility index (Phi) is 7.55. The van der Waals surface area contributed by atoms with Crippen LogP contribution in [0.1, 0.15) is 29.8 Å². The molecule has 1 aliphatic rings. The molecule has 1 saturated heterocycles. The van der Waals surface area contributed by atoms with Crippen LogP contribution in [0.2, 0.25) is 0 Å². The monoisotopic (exact) mass is 454 g/mol. The highest BCUT2D eigenvalue weighted by molar-refractivity contribution is 7.99. The molecule has 1 aliphatic heterocycles. The lowest BCUT2D eigenvalue weighted by Gasteiger charge is -2.25. The molecular weight excluding hydrogens is 427 g/mol. The summed E-state index contributed by atoms with van der Waals surface area (Å²) in [4.78, 5) is 14.9. The molecule has 4 rings (SSSR count). The van der Waals surface area contributed by atoms with Crippen molar-refractivity contribution in [3.8, 4) is 0 Å². The zero-order chi connectivity index (χ0) is 22.3. The SMILES string of the molecule is Cc1nnc(SCC(=O)N(Cc2cccc(F)c2)CC2CCCO2)n1Cc1ccccc1. The smallest absolute Gasteiger partial charge is 0.233 e. The molecule has 1 atom stereocenters. The van der Waals surface area contributed by atoms with E-state index in [0.29, 0.717) is 24.8 Å². The van der Waals surface area contributed by atoms with Crippen molar-refractivity contribution in [3.63, 3.8) is 0 Å². The van der Waals surface area contributed by atoms with Crippen molar-refractivity contribution in [2.45, 2.75) is 44.1 Å². The van der Waals surface area contributed by atoms with Crippen molar-refractivity contribution in [2.24, 2.45) is 0 Å². The fourth-order valence-corrected chi connectivity index (χ4v) is 4.66. The van der Waals surface area contributed by atoms with Crippen LogP contribution < -0.4 is 0 Å². The first-order chi connectivity index (χ1) is 15.6. The Bertz CT molecular complexity index is 1040. The molecule has 168 valence electrons. The zero-order valence-corrected chi connectivity index (χ0v) is 18.9. The zero-order valence-electron chi connectivity index (χ0n) is 18.1. The number of hydrogen-bond acceptors (Lipinski definition) is 5. The lowest BCUT2D eigenvalue weighted by Crippen LogP contribution is -2.38. The molecule has 0 spiro atoms. The largest absolute Gasteiger partial charge is 0.376 e. The molecule has 0 saturated carbocycles. The second-order valence-corrected chi connectivity index (χ2v) is 8.87. The van der Waals surface area contributed by atoms with Crippen molar-refractivity contribution >= 4 is 17.7 Å². The number of aromatic nitrogens is 3. The quantitative estimate of drug-likeness (QED) is 0.456. The van der Waals surface area contributed by atoms with Gasteiger partial charge in [-0.25, -0.2) is 4.39 Å². The minimum atomic E-state index is -0.300. The topological polar surface area (TPSA) is 60.3 Å². The van der Waals surface area contributed by atoms with E-state index in [-0.39, 0.29) is 23.6 Å². The number of hydrogen-bond donors (Lipinski definition) is 0. The van der Waals surface area contributed by atoms with Crippen LogP contribution in [0, 0.1) is 12.7 Å². The number of aryl methyl sites for hydroxylation is 1. The van der Waals surface area contributed by atoms with Gasteiger partial charge in [0.1, 0.15) is 11.6 Å². The number of thioether (sulfide) groups is 1. The summed E-state index contributed by atoms with van der Waals surface area (Å²) >= 11 is 1.38. The van der Waals surface area contributed by atoms with Crippen LogP contribution in [0.4, 0.5) is 4.39 Å². The van der Waals surface area contributed by atoms with Crippen molar-refractivity contribution < 1.29 is 13.9 Å². The predicted molar refractivity (Wildman–Crippen MR) is 122 cm³/mol. The van der Waals surface area contributed by atoms with Gasteiger partial charge in [-0.2, -0.15) is 0 Å². The Morgan fingerprint density at radius 2 is 2.00 bits per heavy atom. The average molecular weight is 455 g/mol. The Balaban J connectivity index is 1.44. The molecule has 1 unspecified atom stereocenters. The Hall–Kier alpha value is -2.71. The van der Waals surface area contributed by atoms with Crippen molar-refractivity contribution in [2.75, 3.05) is 18.9 Å². The third kappa shape index (κ3) is 5.95. The molecule has 8 heteroatoms. The molecule has 2 aromatic carbocycles. The summed E-state index contributed by atoms with van der Waals surface area (Å²) in [5.74, 6) is 0.710. The molecule has 0 radical (unpaired) electrons. The Morgan fingerprint density at radius 1 is 1.19 bits per heavy atom. The fourth-order valence-electron chi connectivity index (χ4n) is 3.78. The van der Waals surface area contributed by atoms with E-state index in [9.17, 15) is 9.18 Å². The fraction of sp³-hybridized carbons (Fsp3) is 0.375. The molecule has 32 heavy (non-hydrogen) atoms. The molecule has 2 heterocycles. The van der Waals surface area contributed by atoms with Crippen molar-refractivity contribution in [1.29, 1.82) is 0 Å². The summed E-state index contributed by atoms with van der Waals surface area (Å²) < 4.78 is 21.4. The minimum Gasteiger partial charge on any atom is -0.376 e.